The van der Waals surface area contributed by atoms with E-state index in [1.165, 1.54) is 0 Å². The van der Waals surface area contributed by atoms with E-state index in [0.29, 0.717) is 30.2 Å². The van der Waals surface area contributed by atoms with Crippen molar-refractivity contribution >= 4 is 55.9 Å². The molecule has 0 aliphatic carbocycles. The van der Waals surface area contributed by atoms with Gasteiger partial charge in [0.2, 0.25) is 0 Å². The highest BCUT2D eigenvalue weighted by Gasteiger charge is 2.34. The highest BCUT2D eigenvalue weighted by Crippen LogP contribution is 2.24. The zero-order chi connectivity index (χ0) is 19.1. The van der Waals surface area contributed by atoms with Gasteiger partial charge in [0, 0.05) is 23.8 Å². The second-order valence-electron chi connectivity index (χ2n) is 5.35. The predicted octanol–water partition coefficient (Wildman–Crippen LogP) is 1.77. The number of rotatable bonds is 13. The maximum absolute atomic E-state index is 11.6. The molecule has 0 rings (SSSR count). The molecule has 0 fully saturated rings. The van der Waals surface area contributed by atoms with Crippen LogP contribution in [0.25, 0.3) is 0 Å². The summed E-state index contributed by atoms with van der Waals surface area (Å²) in [6, 6.07) is 0. The van der Waals surface area contributed by atoms with Crippen LogP contribution in [0.15, 0.2) is 0 Å². The van der Waals surface area contributed by atoms with Crippen LogP contribution in [0.2, 0.25) is 0 Å². The fourth-order valence-corrected chi connectivity index (χ4v) is 2.13. The van der Waals surface area contributed by atoms with Crippen molar-refractivity contribution in [2.75, 3.05) is 43.6 Å². The third-order valence-corrected chi connectivity index (χ3v) is 4.02. The summed E-state index contributed by atoms with van der Waals surface area (Å²) in [4.78, 5) is 34.9. The molecule has 0 aromatic rings. The summed E-state index contributed by atoms with van der Waals surface area (Å²) in [6.07, 6.45) is 0.224. The Kier molecular flexibility index (Phi) is 14.0. The number of carbonyl (C=O) groups is 3. The smallest absolute Gasteiger partial charge is 0.407 e. The first-order valence-corrected chi connectivity index (χ1v) is 9.87. The molecule has 0 unspecified atom stereocenters. The normalized spacial score (nSPS) is 10.9. The molecule has 1 N–H and O–H groups in total. The summed E-state index contributed by atoms with van der Waals surface area (Å²) >= 11 is 12.0. The minimum absolute atomic E-state index is 0.0237. The first kappa shape index (κ1) is 24.3. The third-order valence-electron chi connectivity index (χ3n) is 3.35. The van der Waals surface area contributed by atoms with Crippen LogP contribution < -0.4 is 5.32 Å². The SMILES string of the molecule is CCC(COC(=O)CCS)(COC(=O)CCS)COC(=O)NCCS. The Morgan fingerprint density at radius 2 is 1.32 bits per heavy atom. The maximum Gasteiger partial charge on any atom is 0.407 e. The number of carbonyl (C=O) groups excluding carboxylic acids is 3. The Morgan fingerprint density at radius 1 is 0.840 bits per heavy atom. The van der Waals surface area contributed by atoms with Crippen LogP contribution in [0.1, 0.15) is 26.2 Å². The molecule has 0 aliphatic rings. The van der Waals surface area contributed by atoms with Crippen LogP contribution in [0.5, 0.6) is 0 Å². The fraction of sp³-hybridized carbons (Fsp3) is 0.800. The number of hydrogen-bond acceptors (Lipinski definition) is 9. The number of ether oxygens (including phenoxy) is 3. The molecular weight excluding hydrogens is 386 g/mol. The first-order valence-electron chi connectivity index (χ1n) is 7.97. The van der Waals surface area contributed by atoms with Crippen LogP contribution in [0.3, 0.4) is 0 Å². The van der Waals surface area contributed by atoms with Crippen LogP contribution in [0, 0.1) is 5.41 Å². The number of hydrogen-bond donors (Lipinski definition) is 4. The Morgan fingerprint density at radius 3 is 1.72 bits per heavy atom. The van der Waals surface area contributed by atoms with Gasteiger partial charge in [-0.2, -0.15) is 37.9 Å². The van der Waals surface area contributed by atoms with Crippen molar-refractivity contribution in [1.29, 1.82) is 0 Å². The van der Waals surface area contributed by atoms with Crippen LogP contribution in [-0.4, -0.2) is 61.7 Å². The van der Waals surface area contributed by atoms with Gasteiger partial charge in [0.05, 0.1) is 18.3 Å². The molecule has 25 heavy (non-hydrogen) atoms. The number of amides is 1. The first-order chi connectivity index (χ1) is 11.9. The molecule has 146 valence electrons. The lowest BCUT2D eigenvalue weighted by molar-refractivity contribution is -0.156. The highest BCUT2D eigenvalue weighted by atomic mass is 32.1. The Hall–Kier alpha value is -0.740. The van der Waals surface area contributed by atoms with Crippen LogP contribution in [-0.2, 0) is 23.8 Å². The van der Waals surface area contributed by atoms with Gasteiger partial charge in [0.15, 0.2) is 0 Å². The quantitative estimate of drug-likeness (QED) is 0.209. The number of nitrogens with one attached hydrogen (secondary N) is 1. The van der Waals surface area contributed by atoms with Crippen molar-refractivity contribution in [2.45, 2.75) is 26.2 Å². The zero-order valence-electron chi connectivity index (χ0n) is 14.4. The van der Waals surface area contributed by atoms with Gasteiger partial charge in [-0.15, -0.1) is 0 Å². The predicted molar refractivity (Wildman–Crippen MR) is 105 cm³/mol. The number of esters is 2. The molecule has 0 heterocycles. The van der Waals surface area contributed by atoms with Crippen LogP contribution >= 0.6 is 37.9 Å². The number of thiol groups is 3. The van der Waals surface area contributed by atoms with Gasteiger partial charge in [-0.25, -0.2) is 4.79 Å². The lowest BCUT2D eigenvalue weighted by Crippen LogP contribution is -2.40. The molecule has 0 saturated heterocycles. The van der Waals surface area contributed by atoms with Gasteiger partial charge < -0.3 is 19.5 Å². The topological polar surface area (TPSA) is 90.9 Å². The zero-order valence-corrected chi connectivity index (χ0v) is 17.0. The minimum Gasteiger partial charge on any atom is -0.465 e. The molecule has 0 bridgehead atoms. The third kappa shape index (κ3) is 11.5. The molecule has 0 aromatic heterocycles. The van der Waals surface area contributed by atoms with Crippen molar-refractivity contribution in [3.05, 3.63) is 0 Å². The summed E-state index contributed by atoms with van der Waals surface area (Å²) in [5.41, 5.74) is -0.809. The fourth-order valence-electron chi connectivity index (χ4n) is 1.65. The molecule has 0 radical (unpaired) electrons. The van der Waals surface area contributed by atoms with E-state index in [0.717, 1.165) is 0 Å². The Balaban J connectivity index is 4.80. The summed E-state index contributed by atoms with van der Waals surface area (Å²) in [6.45, 7) is 2.11. The second kappa shape index (κ2) is 14.4. The Bertz CT molecular complexity index is 400. The van der Waals surface area contributed by atoms with Crippen molar-refractivity contribution in [1.82, 2.24) is 5.32 Å². The summed E-state index contributed by atoms with van der Waals surface area (Å²) in [7, 11) is 0. The van der Waals surface area contributed by atoms with Gasteiger partial charge in [0.25, 0.3) is 0 Å². The van der Waals surface area contributed by atoms with Crippen molar-refractivity contribution in [3.8, 4) is 0 Å². The van der Waals surface area contributed by atoms with Crippen molar-refractivity contribution in [3.63, 3.8) is 0 Å². The molecule has 0 saturated carbocycles. The van der Waals surface area contributed by atoms with Gasteiger partial charge in [0.1, 0.15) is 19.8 Å². The standard InChI is InChI=1S/C15H27NO6S3/c1-2-15(9-20-12(17)3-6-23,10-21-13(18)4-7-24)11-22-14(19)16-5-8-25/h23-25H,2-11H2,1H3,(H,16,19). The second-order valence-corrected chi connectivity index (χ2v) is 6.69. The molecule has 0 atom stereocenters. The minimum atomic E-state index is -0.809. The maximum atomic E-state index is 11.6. The van der Waals surface area contributed by atoms with E-state index in [-0.39, 0.29) is 32.7 Å². The van der Waals surface area contributed by atoms with E-state index >= 15 is 0 Å². The van der Waals surface area contributed by atoms with Gasteiger partial charge in [-0.1, -0.05) is 6.92 Å². The summed E-state index contributed by atoms with van der Waals surface area (Å²) < 4.78 is 15.6. The van der Waals surface area contributed by atoms with E-state index in [1.807, 2.05) is 6.92 Å². The lowest BCUT2D eigenvalue weighted by Gasteiger charge is -2.31. The molecule has 0 spiro atoms. The number of alkyl carbamates (subject to hydrolysis) is 1. The van der Waals surface area contributed by atoms with Crippen molar-refractivity contribution in [2.24, 2.45) is 5.41 Å². The van der Waals surface area contributed by atoms with E-state index in [9.17, 15) is 14.4 Å². The lowest BCUT2D eigenvalue weighted by atomic mass is 9.88. The van der Waals surface area contributed by atoms with E-state index in [1.54, 1.807) is 0 Å². The van der Waals surface area contributed by atoms with E-state index < -0.39 is 23.4 Å². The molecule has 10 heteroatoms. The van der Waals surface area contributed by atoms with Crippen molar-refractivity contribution < 1.29 is 28.6 Å². The van der Waals surface area contributed by atoms with Gasteiger partial charge >= 0.3 is 18.0 Å². The van der Waals surface area contributed by atoms with Gasteiger partial charge in [-0.05, 0) is 6.42 Å². The average molecular weight is 414 g/mol. The van der Waals surface area contributed by atoms with Gasteiger partial charge in [-0.3, -0.25) is 9.59 Å². The largest absolute Gasteiger partial charge is 0.465 e. The average Bonchev–Trinajstić information content (AvgIpc) is 2.60. The van der Waals surface area contributed by atoms with Crippen LogP contribution in [0.4, 0.5) is 4.79 Å². The van der Waals surface area contributed by atoms with E-state index in [4.69, 9.17) is 14.2 Å². The monoisotopic (exact) mass is 413 g/mol. The highest BCUT2D eigenvalue weighted by molar-refractivity contribution is 7.80. The molecule has 1 amide bonds. The van der Waals surface area contributed by atoms with E-state index in [2.05, 4.69) is 43.2 Å². The Labute approximate surface area is 165 Å². The summed E-state index contributed by atoms with van der Waals surface area (Å²) in [5, 5.41) is 2.53. The molecule has 7 nitrogen and oxygen atoms in total. The summed E-state index contributed by atoms with van der Waals surface area (Å²) in [5.74, 6) is 0.411. The molecule has 0 aromatic carbocycles. The molecule has 0 aliphatic heterocycles. The molecular formula is C15H27NO6S3.